The third kappa shape index (κ3) is 252. The van der Waals surface area contributed by atoms with Gasteiger partial charge in [-0.05, 0) is 0 Å². The quantitative estimate of drug-likeness (QED) is 0.171. The van der Waals surface area contributed by atoms with Gasteiger partial charge in [0.2, 0.25) is 0 Å². The van der Waals surface area contributed by atoms with Crippen LogP contribution in [-0.2, 0) is 15.0 Å². The van der Waals surface area contributed by atoms with Crippen molar-refractivity contribution in [2.75, 3.05) is 0 Å². The van der Waals surface area contributed by atoms with Gasteiger partial charge in [-0.1, -0.05) is 0 Å². The van der Waals surface area contributed by atoms with Crippen molar-refractivity contribution in [2.45, 2.75) is 0 Å². The normalized spacial score (nSPS) is 9.00. The largest absolute Gasteiger partial charge is 0.316 e. The smallest absolute Gasteiger partial charge is 0.316 e. The van der Waals surface area contributed by atoms with Crippen LogP contribution in [0.25, 0.3) is 0 Å². The maximum Gasteiger partial charge on any atom is 0.316 e. The summed E-state index contributed by atoms with van der Waals surface area (Å²) in [6.45, 7) is 0. The second-order valence-corrected chi connectivity index (χ2v) is 2.88. The summed E-state index contributed by atoms with van der Waals surface area (Å²) in [6, 6.07) is 0. The van der Waals surface area contributed by atoms with E-state index in [9.17, 15) is 0 Å². The molecule has 0 aromatic rings. The van der Waals surface area contributed by atoms with Crippen LogP contribution in [0.15, 0.2) is 0 Å². The van der Waals surface area contributed by atoms with Gasteiger partial charge in [0.05, 0.1) is 0 Å². The van der Waals surface area contributed by atoms with E-state index in [1.54, 1.807) is 0 Å². The molecule has 0 aliphatic heterocycles. The Hall–Kier alpha value is 3.27. The van der Waals surface area contributed by atoms with Gasteiger partial charge in [0.1, 0.15) is 0 Å². The minimum atomic E-state index is -4.67. The number of hydrogen-bond donors (Lipinski definition) is 5. The van der Waals surface area contributed by atoms with Crippen molar-refractivity contribution in [1.82, 2.24) is 0 Å². The molecule has 0 radical (unpaired) electrons. The Bertz CT molecular complexity index is 200. The molecule has 0 heterocycles. The average Bonchev–Trinajstić information content (AvgIpc) is 1.12. The monoisotopic (exact) mass is 306 g/mol. The van der Waals surface area contributed by atoms with Gasteiger partial charge in [0, 0.05) is 0 Å². The molecule has 0 aliphatic carbocycles. The molecule has 0 saturated carbocycles. The number of rotatable bonds is 0. The molecule has 13 heavy (non-hydrogen) atoms. The Balaban J connectivity index is -0.0000000267. The maximum atomic E-state index is 8.88. The SMILES string of the molecule is O=P(O)(O)O.O=S(=O)(O)O.[CaH2].[CaH2].[MgH2]. The number of phosphoric acid groups is 1. The van der Waals surface area contributed by atoms with Gasteiger partial charge in [0.25, 0.3) is 0 Å². The summed E-state index contributed by atoms with van der Waals surface area (Å²) >= 11 is 0. The molecule has 8 nitrogen and oxygen atoms in total. The van der Waals surface area contributed by atoms with Crippen LogP contribution in [0.2, 0.25) is 0 Å². The van der Waals surface area contributed by atoms with Gasteiger partial charge in [-0.15, -0.1) is 0 Å². The van der Waals surface area contributed by atoms with Crippen molar-refractivity contribution in [1.29, 1.82) is 0 Å². The summed E-state index contributed by atoms with van der Waals surface area (Å²) in [4.78, 5) is 21.6. The Morgan fingerprint density at radius 1 is 0.923 bits per heavy atom. The molecule has 76 valence electrons. The zero-order valence-corrected chi connectivity index (χ0v) is 6.03. The first-order valence-corrected chi connectivity index (χ1v) is 4.44. The summed E-state index contributed by atoms with van der Waals surface area (Å²) in [7, 11) is -9.31. The maximum absolute atomic E-state index is 8.88. The molecule has 0 rings (SSSR count). The van der Waals surface area contributed by atoms with E-state index in [2.05, 4.69) is 0 Å². The molecule has 0 aliphatic rings. The molecule has 0 aromatic heterocycles. The first-order chi connectivity index (χ1) is 4.00. The van der Waals surface area contributed by atoms with Crippen molar-refractivity contribution < 1.29 is 36.8 Å². The zero-order valence-electron chi connectivity index (χ0n) is 4.32. The molecule has 0 unspecified atom stereocenters. The van der Waals surface area contributed by atoms with Crippen LogP contribution >= 0.6 is 7.82 Å². The van der Waals surface area contributed by atoms with Crippen molar-refractivity contribution in [3.8, 4) is 0 Å². The van der Waals surface area contributed by atoms with Gasteiger partial charge >= 0.3 is 117 Å². The Morgan fingerprint density at radius 2 is 0.923 bits per heavy atom. The fourth-order valence-corrected chi connectivity index (χ4v) is 0. The predicted molar refractivity (Wildman–Crippen MR) is 54.1 cm³/mol. The first kappa shape index (κ1) is 29.9. The van der Waals surface area contributed by atoms with Crippen LogP contribution in [-0.4, -0.2) is 131 Å². The summed E-state index contributed by atoms with van der Waals surface area (Å²) in [6.07, 6.45) is 0. The molecule has 13 heteroatoms. The Morgan fingerprint density at radius 3 is 0.923 bits per heavy atom. The standard InChI is InChI=1S/2Ca.Mg.H3O4P.H2O4S.6H/c;;;2*1-5(2,3)4;;;;;;/h;;;(H3,1,2,3,4);(H2,1,2,3,4);;;;;;. The van der Waals surface area contributed by atoms with Gasteiger partial charge < -0.3 is 14.7 Å². The van der Waals surface area contributed by atoms with E-state index in [1.165, 1.54) is 0 Å². The fraction of sp³-hybridized carbons (Fsp3) is 0. The Kier molecular flexibility index (Phi) is 30.6. The molecule has 0 spiro atoms. The van der Waals surface area contributed by atoms with Gasteiger partial charge in [-0.25, -0.2) is 4.57 Å². The molecule has 0 saturated heterocycles. The summed E-state index contributed by atoms with van der Waals surface area (Å²) < 4.78 is 40.5. The van der Waals surface area contributed by atoms with Crippen LogP contribution < -0.4 is 0 Å². The third-order valence-electron chi connectivity index (χ3n) is 0. The van der Waals surface area contributed by atoms with E-state index in [0.29, 0.717) is 0 Å². The summed E-state index contributed by atoms with van der Waals surface area (Å²) in [5.74, 6) is 0. The molecular weight excluding hydrogens is 295 g/mol. The molecule has 0 bridgehead atoms. The van der Waals surface area contributed by atoms with E-state index in [0.717, 1.165) is 0 Å². The first-order valence-electron chi connectivity index (χ1n) is 1.48. The topological polar surface area (TPSA) is 152 Å². The molecule has 0 aromatic carbocycles. The van der Waals surface area contributed by atoms with Crippen molar-refractivity contribution in [3.05, 3.63) is 0 Å². The predicted octanol–water partition coefficient (Wildman–Crippen LogP) is -4.33. The fourth-order valence-electron chi connectivity index (χ4n) is 0. The molecule has 0 fully saturated rings. The van der Waals surface area contributed by atoms with Crippen LogP contribution in [0.5, 0.6) is 0 Å². The summed E-state index contributed by atoms with van der Waals surface area (Å²) in [5.41, 5.74) is 0. The minimum Gasteiger partial charge on any atom is 0.316 e. The van der Waals surface area contributed by atoms with E-state index in [4.69, 9.17) is 36.8 Å². The molecule has 0 amide bonds. The van der Waals surface area contributed by atoms with Crippen LogP contribution in [0.3, 0.4) is 0 Å². The van der Waals surface area contributed by atoms with Crippen molar-refractivity contribution in [2.24, 2.45) is 0 Å². The van der Waals surface area contributed by atoms with E-state index in [-0.39, 0.29) is 98.5 Å². The average molecular weight is 307 g/mol. The van der Waals surface area contributed by atoms with E-state index < -0.39 is 18.2 Å². The third-order valence-corrected chi connectivity index (χ3v) is 0. The number of hydrogen-bond acceptors (Lipinski definition) is 3. The van der Waals surface area contributed by atoms with Gasteiger partial charge in [-0.2, -0.15) is 8.42 Å². The van der Waals surface area contributed by atoms with Crippen molar-refractivity contribution in [3.63, 3.8) is 0 Å². The van der Waals surface area contributed by atoms with Crippen LogP contribution in [0.1, 0.15) is 0 Å². The van der Waals surface area contributed by atoms with E-state index in [1.807, 2.05) is 0 Å². The second kappa shape index (κ2) is 13.3. The molecular formula is H11Ca2MgO8PS. The van der Waals surface area contributed by atoms with Crippen LogP contribution in [0, 0.1) is 0 Å². The van der Waals surface area contributed by atoms with Crippen LogP contribution in [0.4, 0.5) is 0 Å². The molecule has 5 N–H and O–H groups in total. The second-order valence-electron chi connectivity index (χ2n) is 0.961. The van der Waals surface area contributed by atoms with Gasteiger partial charge in [0.15, 0.2) is 0 Å². The van der Waals surface area contributed by atoms with Crippen molar-refractivity contribution >= 4 is 117 Å². The summed E-state index contributed by atoms with van der Waals surface area (Å²) in [5, 5.41) is 0. The Labute approximate surface area is 150 Å². The molecule has 0 atom stereocenters. The van der Waals surface area contributed by atoms with E-state index >= 15 is 0 Å². The van der Waals surface area contributed by atoms with Gasteiger partial charge in [-0.3, -0.25) is 9.11 Å². The zero-order chi connectivity index (χ0) is 9.00. The minimum absolute atomic E-state index is 0.